The number of anilines is 1. The molecule has 4 aromatic heterocycles. The maximum absolute atomic E-state index is 13.0. The molecule has 0 unspecified atom stereocenters. The minimum absolute atomic E-state index is 0.0425. The first-order chi connectivity index (χ1) is 16.4. The van der Waals surface area contributed by atoms with Gasteiger partial charge in [0.2, 0.25) is 5.91 Å². The molecule has 0 atom stereocenters. The first-order valence-corrected chi connectivity index (χ1v) is 11.2. The van der Waals surface area contributed by atoms with Gasteiger partial charge in [-0.1, -0.05) is 24.3 Å². The van der Waals surface area contributed by atoms with E-state index in [-0.39, 0.29) is 12.5 Å². The second kappa shape index (κ2) is 8.62. The van der Waals surface area contributed by atoms with Gasteiger partial charge in [-0.3, -0.25) is 9.48 Å². The maximum atomic E-state index is 13.0. The summed E-state index contributed by atoms with van der Waals surface area (Å²) >= 11 is 0. The van der Waals surface area contributed by atoms with Gasteiger partial charge in [0, 0.05) is 11.8 Å². The zero-order valence-corrected chi connectivity index (χ0v) is 19.7. The number of hydrogen-bond donors (Lipinski definition) is 1. The van der Waals surface area contributed by atoms with Crippen LogP contribution in [0.5, 0.6) is 0 Å². The Kier molecular flexibility index (Phi) is 5.49. The third kappa shape index (κ3) is 3.87. The predicted molar refractivity (Wildman–Crippen MR) is 131 cm³/mol. The van der Waals surface area contributed by atoms with Gasteiger partial charge in [0.05, 0.1) is 41.0 Å². The van der Waals surface area contributed by atoms with Gasteiger partial charge in [-0.25, -0.2) is 9.67 Å². The molecular weight excluding hydrogens is 428 g/mol. The van der Waals surface area contributed by atoms with Crippen LogP contribution in [0.3, 0.4) is 0 Å². The molecule has 0 spiro atoms. The molecule has 0 aliphatic carbocycles. The maximum Gasteiger partial charge on any atom is 0.246 e. The summed E-state index contributed by atoms with van der Waals surface area (Å²) in [5.41, 5.74) is 7.17. The summed E-state index contributed by atoms with van der Waals surface area (Å²) in [7, 11) is 0. The van der Waals surface area contributed by atoms with Crippen molar-refractivity contribution in [3.8, 4) is 11.3 Å². The molecule has 0 saturated heterocycles. The number of aryl methyl sites for hydroxylation is 3. The highest BCUT2D eigenvalue weighted by molar-refractivity contribution is 5.95. The first kappa shape index (κ1) is 21.6. The van der Waals surface area contributed by atoms with Gasteiger partial charge in [0.25, 0.3) is 0 Å². The average Bonchev–Trinajstić information content (AvgIpc) is 3.52. The Bertz CT molecular complexity index is 1490. The van der Waals surface area contributed by atoms with Gasteiger partial charge in [0.1, 0.15) is 12.3 Å². The molecule has 5 rings (SSSR count). The van der Waals surface area contributed by atoms with E-state index in [1.54, 1.807) is 17.1 Å². The molecule has 0 saturated carbocycles. The lowest BCUT2D eigenvalue weighted by Gasteiger charge is -2.09. The third-order valence-corrected chi connectivity index (χ3v) is 6.12. The molecule has 1 amide bonds. The van der Waals surface area contributed by atoms with Crippen molar-refractivity contribution in [2.45, 2.75) is 40.8 Å². The number of carbonyl (C=O) groups excluding carboxylic acids is 1. The smallest absolute Gasteiger partial charge is 0.246 e. The Hall–Kier alpha value is -4.20. The summed E-state index contributed by atoms with van der Waals surface area (Å²) in [4.78, 5) is 17.5. The molecule has 1 aromatic carbocycles. The van der Waals surface area contributed by atoms with Gasteiger partial charge >= 0.3 is 0 Å². The van der Waals surface area contributed by atoms with E-state index < -0.39 is 0 Å². The lowest BCUT2D eigenvalue weighted by molar-refractivity contribution is -0.116. The molecule has 8 nitrogen and oxygen atoms in total. The van der Waals surface area contributed by atoms with Crippen LogP contribution in [0, 0.1) is 27.7 Å². The number of pyridine rings is 1. The van der Waals surface area contributed by atoms with Crippen LogP contribution in [-0.4, -0.2) is 30.5 Å². The minimum Gasteiger partial charge on any atom is -0.464 e. The fourth-order valence-electron chi connectivity index (χ4n) is 4.32. The van der Waals surface area contributed by atoms with E-state index >= 15 is 0 Å². The van der Waals surface area contributed by atoms with Crippen LogP contribution in [0.25, 0.3) is 22.4 Å². The number of hydrogen-bond acceptors (Lipinski definition) is 5. The molecule has 0 bridgehead atoms. The SMILES string of the molecule is Cc1ccccc1Cn1nc(C)c(NC(=O)Cn2nc(C)c3c(-c4ccco4)ccnc32)c1C. The first-order valence-electron chi connectivity index (χ1n) is 11.2. The summed E-state index contributed by atoms with van der Waals surface area (Å²) in [6, 6.07) is 13.9. The Morgan fingerprint density at radius 1 is 0.971 bits per heavy atom. The van der Waals surface area contributed by atoms with Crippen molar-refractivity contribution in [3.63, 3.8) is 0 Å². The second-order valence-electron chi connectivity index (χ2n) is 8.46. The Morgan fingerprint density at radius 2 is 1.76 bits per heavy atom. The average molecular weight is 455 g/mol. The van der Waals surface area contributed by atoms with E-state index in [2.05, 4.69) is 39.6 Å². The normalized spacial score (nSPS) is 11.3. The molecule has 4 heterocycles. The number of nitrogens with one attached hydrogen (secondary N) is 1. The van der Waals surface area contributed by atoms with E-state index in [9.17, 15) is 4.79 Å². The van der Waals surface area contributed by atoms with Crippen molar-refractivity contribution in [3.05, 3.63) is 83.1 Å². The molecule has 8 heteroatoms. The largest absolute Gasteiger partial charge is 0.464 e. The summed E-state index contributed by atoms with van der Waals surface area (Å²) in [6.45, 7) is 8.57. The Balaban J connectivity index is 1.39. The van der Waals surface area contributed by atoms with E-state index in [1.807, 2.05) is 55.8 Å². The molecule has 0 fully saturated rings. The van der Waals surface area contributed by atoms with Crippen LogP contribution in [0.15, 0.2) is 59.3 Å². The topological polar surface area (TPSA) is 90.8 Å². The van der Waals surface area contributed by atoms with Crippen LogP contribution in [0.4, 0.5) is 5.69 Å². The fourth-order valence-corrected chi connectivity index (χ4v) is 4.32. The van der Waals surface area contributed by atoms with Crippen molar-refractivity contribution in [1.82, 2.24) is 24.5 Å². The summed E-state index contributed by atoms with van der Waals surface area (Å²) in [5, 5.41) is 13.2. The number of fused-ring (bicyclic) bond motifs is 1. The number of nitrogens with zero attached hydrogens (tertiary/aromatic N) is 5. The number of aromatic nitrogens is 5. The number of amides is 1. The van der Waals surface area contributed by atoms with E-state index in [0.29, 0.717) is 12.2 Å². The number of rotatable bonds is 6. The molecule has 5 aromatic rings. The molecule has 0 radical (unpaired) electrons. The Morgan fingerprint density at radius 3 is 2.53 bits per heavy atom. The van der Waals surface area contributed by atoms with Gasteiger partial charge in [-0.15, -0.1) is 0 Å². The van der Waals surface area contributed by atoms with E-state index in [4.69, 9.17) is 4.42 Å². The minimum atomic E-state index is -0.184. The van der Waals surface area contributed by atoms with Gasteiger partial charge < -0.3 is 9.73 Å². The standard InChI is InChI=1S/C26H26N6O2/c1-16-8-5-6-9-20(16)14-31-19(4)25(18(3)30-31)28-23(33)15-32-26-24(17(2)29-32)21(11-12-27-26)22-10-7-13-34-22/h5-13H,14-15H2,1-4H3,(H,28,33). The zero-order valence-electron chi connectivity index (χ0n) is 19.7. The van der Waals surface area contributed by atoms with Crippen molar-refractivity contribution in [1.29, 1.82) is 0 Å². The molecule has 34 heavy (non-hydrogen) atoms. The second-order valence-corrected chi connectivity index (χ2v) is 8.46. The van der Waals surface area contributed by atoms with Gasteiger partial charge in [0.15, 0.2) is 5.65 Å². The lowest BCUT2D eigenvalue weighted by Crippen LogP contribution is -2.20. The van der Waals surface area contributed by atoms with Crippen molar-refractivity contribution in [2.24, 2.45) is 0 Å². The van der Waals surface area contributed by atoms with Crippen molar-refractivity contribution >= 4 is 22.6 Å². The number of benzene rings is 1. The lowest BCUT2D eigenvalue weighted by atomic mass is 10.1. The molecule has 0 aliphatic rings. The van der Waals surface area contributed by atoms with E-state index in [1.165, 1.54) is 11.1 Å². The molecule has 0 aliphatic heterocycles. The summed E-state index contributed by atoms with van der Waals surface area (Å²) < 4.78 is 9.14. The molecule has 172 valence electrons. The van der Waals surface area contributed by atoms with Crippen LogP contribution in [0.1, 0.15) is 28.2 Å². The summed E-state index contributed by atoms with van der Waals surface area (Å²) in [6.07, 6.45) is 3.35. The number of carbonyl (C=O) groups is 1. The highest BCUT2D eigenvalue weighted by atomic mass is 16.3. The highest BCUT2D eigenvalue weighted by Crippen LogP contribution is 2.30. The fraction of sp³-hybridized carbons (Fsp3) is 0.231. The van der Waals surface area contributed by atoms with Crippen molar-refractivity contribution in [2.75, 3.05) is 5.32 Å². The zero-order chi connectivity index (χ0) is 23.8. The monoisotopic (exact) mass is 454 g/mol. The van der Waals surface area contributed by atoms with Crippen LogP contribution < -0.4 is 5.32 Å². The van der Waals surface area contributed by atoms with Gasteiger partial charge in [-0.2, -0.15) is 10.2 Å². The molecular formula is C26H26N6O2. The third-order valence-electron chi connectivity index (χ3n) is 6.12. The van der Waals surface area contributed by atoms with Crippen LogP contribution >= 0.6 is 0 Å². The molecule has 1 N–H and O–H groups in total. The van der Waals surface area contributed by atoms with Crippen LogP contribution in [0.2, 0.25) is 0 Å². The van der Waals surface area contributed by atoms with E-state index in [0.717, 1.165) is 39.5 Å². The number of furan rings is 1. The predicted octanol–water partition coefficient (Wildman–Crippen LogP) is 4.81. The van der Waals surface area contributed by atoms with Crippen molar-refractivity contribution < 1.29 is 9.21 Å². The van der Waals surface area contributed by atoms with Crippen LogP contribution in [-0.2, 0) is 17.9 Å². The summed E-state index contributed by atoms with van der Waals surface area (Å²) in [5.74, 6) is 0.558. The van der Waals surface area contributed by atoms with Gasteiger partial charge in [-0.05, 0) is 57.0 Å². The highest BCUT2D eigenvalue weighted by Gasteiger charge is 2.19. The quantitative estimate of drug-likeness (QED) is 0.398. The Labute approximate surface area is 197 Å².